The maximum Gasteiger partial charge on any atom is 0.254 e. The van der Waals surface area contributed by atoms with Crippen LogP contribution in [0, 0.1) is 0 Å². The molecule has 0 saturated carbocycles. The van der Waals surface area contributed by atoms with Gasteiger partial charge in [-0.1, -0.05) is 0 Å². The second-order valence-electron chi connectivity index (χ2n) is 4.22. The normalized spacial score (nSPS) is 10.2. The second-order valence-corrected chi connectivity index (χ2v) is 5.04. The largest absolute Gasteiger partial charge is 0.385 e. The molecule has 7 heteroatoms. The van der Waals surface area contributed by atoms with Crippen molar-refractivity contribution < 1.29 is 14.3 Å². The molecule has 0 saturated heterocycles. The number of likely N-dealkylation sites (N-methyl/N-ethyl adjacent to an activating group) is 1. The van der Waals surface area contributed by atoms with E-state index in [1.165, 1.54) is 11.1 Å². The number of aromatic nitrogens is 1. The molecule has 1 aromatic heterocycles. The van der Waals surface area contributed by atoms with Crippen LogP contribution in [-0.4, -0.2) is 55.6 Å². The van der Waals surface area contributed by atoms with Crippen LogP contribution in [0.4, 0.5) is 0 Å². The number of halogens is 1. The van der Waals surface area contributed by atoms with Crippen LogP contribution in [0.1, 0.15) is 16.8 Å². The Morgan fingerprint density at radius 3 is 2.90 bits per heavy atom. The first-order chi connectivity index (χ1) is 9.54. The molecule has 2 amide bonds. The third-order valence-corrected chi connectivity index (χ3v) is 2.98. The lowest BCUT2D eigenvalue weighted by molar-refractivity contribution is -0.121. The fraction of sp³-hybridized carbons (Fsp3) is 0.462. The number of carbonyl (C=O) groups excluding carboxylic acids is 2. The smallest absolute Gasteiger partial charge is 0.254 e. The molecule has 0 radical (unpaired) electrons. The Labute approximate surface area is 126 Å². The fourth-order valence-corrected chi connectivity index (χ4v) is 1.91. The van der Waals surface area contributed by atoms with Gasteiger partial charge in [0.25, 0.3) is 5.91 Å². The molecule has 0 unspecified atom stereocenters. The SMILES string of the molecule is COCCCNC(=O)CN(C)C(=O)c1ccnc(Br)c1. The predicted octanol–water partition coefficient (Wildman–Crippen LogP) is 1.07. The van der Waals surface area contributed by atoms with Crippen LogP contribution in [0.25, 0.3) is 0 Å². The minimum absolute atomic E-state index is 0.0196. The van der Waals surface area contributed by atoms with Crippen LogP contribution < -0.4 is 5.32 Å². The van der Waals surface area contributed by atoms with E-state index >= 15 is 0 Å². The van der Waals surface area contributed by atoms with E-state index in [0.29, 0.717) is 23.3 Å². The van der Waals surface area contributed by atoms with E-state index < -0.39 is 0 Å². The molecule has 0 bridgehead atoms. The summed E-state index contributed by atoms with van der Waals surface area (Å²) in [5, 5.41) is 2.73. The lowest BCUT2D eigenvalue weighted by Gasteiger charge is -2.16. The first kappa shape index (κ1) is 16.6. The van der Waals surface area contributed by atoms with Crippen LogP contribution in [-0.2, 0) is 9.53 Å². The average Bonchev–Trinajstić information content (AvgIpc) is 2.42. The topological polar surface area (TPSA) is 71.5 Å². The Hall–Kier alpha value is -1.47. The molecule has 1 aromatic rings. The van der Waals surface area contributed by atoms with Gasteiger partial charge in [-0.3, -0.25) is 9.59 Å². The number of pyridine rings is 1. The lowest BCUT2D eigenvalue weighted by atomic mass is 10.2. The molecular formula is C13H18BrN3O3. The summed E-state index contributed by atoms with van der Waals surface area (Å²) in [5.41, 5.74) is 0.488. The van der Waals surface area contributed by atoms with Gasteiger partial charge in [0, 0.05) is 39.1 Å². The van der Waals surface area contributed by atoms with E-state index in [9.17, 15) is 9.59 Å². The minimum Gasteiger partial charge on any atom is -0.385 e. The number of rotatable bonds is 7. The van der Waals surface area contributed by atoms with Crippen molar-refractivity contribution in [1.29, 1.82) is 0 Å². The van der Waals surface area contributed by atoms with Crippen molar-refractivity contribution in [3.63, 3.8) is 0 Å². The quantitative estimate of drug-likeness (QED) is 0.593. The van der Waals surface area contributed by atoms with Gasteiger partial charge in [0.05, 0.1) is 6.54 Å². The van der Waals surface area contributed by atoms with E-state index in [-0.39, 0.29) is 18.4 Å². The molecule has 0 aliphatic heterocycles. The van der Waals surface area contributed by atoms with Crippen LogP contribution in [0.15, 0.2) is 22.9 Å². The summed E-state index contributed by atoms with van der Waals surface area (Å²) in [7, 11) is 3.20. The van der Waals surface area contributed by atoms with Crippen molar-refractivity contribution in [1.82, 2.24) is 15.2 Å². The highest BCUT2D eigenvalue weighted by molar-refractivity contribution is 9.10. The number of carbonyl (C=O) groups is 2. The van der Waals surface area contributed by atoms with Gasteiger partial charge in [-0.25, -0.2) is 4.98 Å². The molecule has 20 heavy (non-hydrogen) atoms. The molecule has 0 aliphatic rings. The molecule has 1 N–H and O–H groups in total. The molecule has 110 valence electrons. The van der Waals surface area contributed by atoms with Gasteiger partial charge < -0.3 is 15.0 Å². The Kier molecular flexibility index (Phi) is 7.17. The van der Waals surface area contributed by atoms with Crippen LogP contribution in [0.5, 0.6) is 0 Å². The Morgan fingerprint density at radius 1 is 1.50 bits per heavy atom. The number of hydrogen-bond acceptors (Lipinski definition) is 4. The van der Waals surface area contributed by atoms with Crippen LogP contribution in [0.3, 0.4) is 0 Å². The standard InChI is InChI=1S/C13H18BrN3O3/c1-17(9-12(18)16-5-3-7-20-2)13(19)10-4-6-15-11(14)8-10/h4,6,8H,3,5,7,9H2,1-2H3,(H,16,18). The van der Waals surface area contributed by atoms with Crippen molar-refractivity contribution in [2.45, 2.75) is 6.42 Å². The maximum absolute atomic E-state index is 12.1. The molecule has 6 nitrogen and oxygen atoms in total. The summed E-state index contributed by atoms with van der Waals surface area (Å²) in [4.78, 5) is 29.1. The summed E-state index contributed by atoms with van der Waals surface area (Å²) in [6.45, 7) is 1.15. The van der Waals surface area contributed by atoms with Gasteiger partial charge in [-0.15, -0.1) is 0 Å². The lowest BCUT2D eigenvalue weighted by Crippen LogP contribution is -2.38. The molecule has 0 spiro atoms. The molecule has 1 heterocycles. The first-order valence-electron chi connectivity index (χ1n) is 6.17. The summed E-state index contributed by atoms with van der Waals surface area (Å²) in [5.74, 6) is -0.412. The zero-order chi connectivity index (χ0) is 15.0. The minimum atomic E-state index is -0.222. The monoisotopic (exact) mass is 343 g/mol. The number of amides is 2. The number of hydrogen-bond donors (Lipinski definition) is 1. The summed E-state index contributed by atoms with van der Waals surface area (Å²) >= 11 is 3.21. The Balaban J connectivity index is 2.43. The van der Waals surface area contributed by atoms with Gasteiger partial charge in [0.1, 0.15) is 4.60 Å². The van der Waals surface area contributed by atoms with Gasteiger partial charge >= 0.3 is 0 Å². The summed E-state index contributed by atoms with van der Waals surface area (Å²) in [6, 6.07) is 3.23. The van der Waals surface area contributed by atoms with Gasteiger partial charge in [-0.05, 0) is 34.5 Å². The molecular weight excluding hydrogens is 326 g/mol. The zero-order valence-corrected chi connectivity index (χ0v) is 13.1. The highest BCUT2D eigenvalue weighted by Crippen LogP contribution is 2.09. The fourth-order valence-electron chi connectivity index (χ4n) is 1.54. The van der Waals surface area contributed by atoms with Crippen molar-refractivity contribution >= 4 is 27.7 Å². The van der Waals surface area contributed by atoms with E-state index in [2.05, 4.69) is 26.2 Å². The van der Waals surface area contributed by atoms with E-state index in [4.69, 9.17) is 4.74 Å². The Bertz CT molecular complexity index is 468. The highest BCUT2D eigenvalue weighted by Gasteiger charge is 2.15. The van der Waals surface area contributed by atoms with Gasteiger partial charge in [0.2, 0.25) is 5.91 Å². The van der Waals surface area contributed by atoms with Gasteiger partial charge in [0.15, 0.2) is 0 Å². The molecule has 0 atom stereocenters. The van der Waals surface area contributed by atoms with Crippen molar-refractivity contribution in [3.05, 3.63) is 28.5 Å². The van der Waals surface area contributed by atoms with Crippen molar-refractivity contribution in [2.75, 3.05) is 33.9 Å². The van der Waals surface area contributed by atoms with Crippen molar-refractivity contribution in [3.8, 4) is 0 Å². The average molecular weight is 344 g/mol. The van der Waals surface area contributed by atoms with E-state index in [1.54, 1.807) is 26.3 Å². The molecule has 1 rings (SSSR count). The van der Waals surface area contributed by atoms with Crippen LogP contribution >= 0.6 is 15.9 Å². The molecule has 0 fully saturated rings. The predicted molar refractivity (Wildman–Crippen MR) is 78.4 cm³/mol. The first-order valence-corrected chi connectivity index (χ1v) is 6.96. The molecule has 0 aliphatic carbocycles. The second kappa shape index (κ2) is 8.65. The van der Waals surface area contributed by atoms with Crippen molar-refractivity contribution in [2.24, 2.45) is 0 Å². The summed E-state index contributed by atoms with van der Waals surface area (Å²) in [6.07, 6.45) is 2.28. The number of methoxy groups -OCH3 is 1. The van der Waals surface area contributed by atoms with Gasteiger partial charge in [-0.2, -0.15) is 0 Å². The number of nitrogens with zero attached hydrogens (tertiary/aromatic N) is 2. The highest BCUT2D eigenvalue weighted by atomic mass is 79.9. The van der Waals surface area contributed by atoms with E-state index in [1.807, 2.05) is 0 Å². The van der Waals surface area contributed by atoms with E-state index in [0.717, 1.165) is 6.42 Å². The number of nitrogens with one attached hydrogen (secondary N) is 1. The van der Waals surface area contributed by atoms with Crippen LogP contribution in [0.2, 0.25) is 0 Å². The third kappa shape index (κ3) is 5.66. The molecule has 0 aromatic carbocycles. The third-order valence-electron chi connectivity index (χ3n) is 2.55. The zero-order valence-electron chi connectivity index (χ0n) is 11.6. The summed E-state index contributed by atoms with van der Waals surface area (Å²) < 4.78 is 5.47. The maximum atomic E-state index is 12.1. The number of ether oxygens (including phenoxy) is 1. The Morgan fingerprint density at radius 2 is 2.25 bits per heavy atom.